The van der Waals surface area contributed by atoms with Crippen LogP contribution in [0.3, 0.4) is 0 Å². The highest BCUT2D eigenvalue weighted by Gasteiger charge is 2.17. The Labute approximate surface area is 112 Å². The summed E-state index contributed by atoms with van der Waals surface area (Å²) in [5.41, 5.74) is -0.162. The first-order valence-electron chi connectivity index (χ1n) is 7.25. The summed E-state index contributed by atoms with van der Waals surface area (Å²) in [5, 5.41) is 8.94. The maximum absolute atomic E-state index is 8.94. The number of nitriles is 1. The van der Waals surface area contributed by atoms with E-state index in [1.165, 1.54) is 25.7 Å². The second kappa shape index (κ2) is 7.76. The van der Waals surface area contributed by atoms with Gasteiger partial charge in [0.2, 0.25) is 0 Å². The molecule has 0 spiro atoms. The van der Waals surface area contributed by atoms with E-state index in [-0.39, 0.29) is 5.41 Å². The summed E-state index contributed by atoms with van der Waals surface area (Å²) < 4.78 is 5.74. The summed E-state index contributed by atoms with van der Waals surface area (Å²) in [4.78, 5) is 2.37. The monoisotopic (exact) mass is 252 g/mol. The third kappa shape index (κ3) is 6.37. The normalized spacial score (nSPS) is 20.9. The molecule has 1 rings (SSSR count). The van der Waals surface area contributed by atoms with Crippen LogP contribution in [0.5, 0.6) is 0 Å². The minimum atomic E-state index is -0.162. The third-order valence-electron chi connectivity index (χ3n) is 3.68. The Bertz CT molecular complexity index is 264. The van der Waals surface area contributed by atoms with Gasteiger partial charge in [-0.05, 0) is 59.5 Å². The van der Waals surface area contributed by atoms with E-state index in [1.54, 1.807) is 0 Å². The van der Waals surface area contributed by atoms with Gasteiger partial charge in [0.15, 0.2) is 0 Å². The summed E-state index contributed by atoms with van der Waals surface area (Å²) in [5.74, 6) is 0. The molecule has 0 aromatic heterocycles. The predicted octanol–water partition coefficient (Wildman–Crippen LogP) is 3.21. The summed E-state index contributed by atoms with van der Waals surface area (Å²) >= 11 is 0. The van der Waals surface area contributed by atoms with Crippen molar-refractivity contribution in [2.75, 3.05) is 26.7 Å². The highest BCUT2D eigenvalue weighted by atomic mass is 16.5. The van der Waals surface area contributed by atoms with Gasteiger partial charge in [-0.3, -0.25) is 0 Å². The molecule has 0 radical (unpaired) electrons. The lowest BCUT2D eigenvalue weighted by Gasteiger charge is -2.27. The lowest BCUT2D eigenvalue weighted by Crippen LogP contribution is -2.33. The SMILES string of the molecule is CN(CCCCC(C)(C)C#N)CC1CCCCO1. The molecule has 104 valence electrons. The molecule has 0 aliphatic carbocycles. The molecule has 1 heterocycles. The van der Waals surface area contributed by atoms with E-state index in [9.17, 15) is 0 Å². The predicted molar refractivity (Wildman–Crippen MR) is 74.3 cm³/mol. The van der Waals surface area contributed by atoms with Gasteiger partial charge < -0.3 is 9.64 Å². The van der Waals surface area contributed by atoms with Crippen molar-refractivity contribution in [3.05, 3.63) is 0 Å². The van der Waals surface area contributed by atoms with Crippen molar-refractivity contribution in [3.8, 4) is 6.07 Å². The molecule has 3 heteroatoms. The zero-order valence-electron chi connectivity index (χ0n) is 12.2. The Hall–Kier alpha value is -0.590. The lowest BCUT2D eigenvalue weighted by atomic mass is 9.89. The maximum Gasteiger partial charge on any atom is 0.0701 e. The van der Waals surface area contributed by atoms with Crippen LogP contribution < -0.4 is 0 Å². The number of rotatable bonds is 7. The minimum absolute atomic E-state index is 0.162. The van der Waals surface area contributed by atoms with Crippen molar-refractivity contribution in [1.82, 2.24) is 4.90 Å². The number of likely N-dealkylation sites (N-methyl/N-ethyl adjacent to an activating group) is 1. The van der Waals surface area contributed by atoms with E-state index in [4.69, 9.17) is 10.00 Å². The molecule has 1 aliphatic rings. The molecule has 1 aliphatic heterocycles. The van der Waals surface area contributed by atoms with Gasteiger partial charge in [-0.25, -0.2) is 0 Å². The molecule has 0 aromatic rings. The molecule has 1 atom stereocenters. The average Bonchev–Trinajstić information content (AvgIpc) is 2.36. The average molecular weight is 252 g/mol. The number of ether oxygens (including phenoxy) is 1. The molecule has 0 amide bonds. The number of hydrogen-bond acceptors (Lipinski definition) is 3. The summed E-state index contributed by atoms with van der Waals surface area (Å²) in [6.45, 7) is 7.15. The van der Waals surface area contributed by atoms with Gasteiger partial charge in [-0.2, -0.15) is 5.26 Å². The smallest absolute Gasteiger partial charge is 0.0701 e. The van der Waals surface area contributed by atoms with Gasteiger partial charge in [-0.1, -0.05) is 6.42 Å². The first-order valence-corrected chi connectivity index (χ1v) is 7.25. The Balaban J connectivity index is 2.06. The molecule has 1 unspecified atom stereocenters. The van der Waals surface area contributed by atoms with Gasteiger partial charge in [0.25, 0.3) is 0 Å². The topological polar surface area (TPSA) is 36.3 Å². The van der Waals surface area contributed by atoms with Crippen LogP contribution in [0.1, 0.15) is 52.4 Å². The minimum Gasteiger partial charge on any atom is -0.377 e. The van der Waals surface area contributed by atoms with E-state index in [1.807, 2.05) is 13.8 Å². The number of hydrogen-bond donors (Lipinski definition) is 0. The fourth-order valence-corrected chi connectivity index (χ4v) is 2.39. The van der Waals surface area contributed by atoms with Gasteiger partial charge >= 0.3 is 0 Å². The van der Waals surface area contributed by atoms with E-state index in [2.05, 4.69) is 18.0 Å². The largest absolute Gasteiger partial charge is 0.377 e. The van der Waals surface area contributed by atoms with Crippen molar-refractivity contribution in [3.63, 3.8) is 0 Å². The fourth-order valence-electron chi connectivity index (χ4n) is 2.39. The molecule has 1 saturated heterocycles. The quantitative estimate of drug-likeness (QED) is 0.653. The first-order chi connectivity index (χ1) is 8.53. The number of nitrogens with zero attached hydrogens (tertiary/aromatic N) is 2. The molecule has 0 N–H and O–H groups in total. The lowest BCUT2D eigenvalue weighted by molar-refractivity contribution is -0.00165. The van der Waals surface area contributed by atoms with Crippen molar-refractivity contribution >= 4 is 0 Å². The molecule has 0 bridgehead atoms. The van der Waals surface area contributed by atoms with Crippen LogP contribution in [0.4, 0.5) is 0 Å². The standard InChI is InChI=1S/C15H28N2O/c1-15(2,13-16)9-5-6-10-17(3)12-14-8-4-7-11-18-14/h14H,4-12H2,1-3H3. The van der Waals surface area contributed by atoms with Crippen LogP contribution in [0.25, 0.3) is 0 Å². The van der Waals surface area contributed by atoms with Crippen LogP contribution >= 0.6 is 0 Å². The molecular formula is C15H28N2O. The third-order valence-corrected chi connectivity index (χ3v) is 3.68. The van der Waals surface area contributed by atoms with Crippen LogP contribution in [0, 0.1) is 16.7 Å². The van der Waals surface area contributed by atoms with Crippen LogP contribution in [0.2, 0.25) is 0 Å². The van der Waals surface area contributed by atoms with Gasteiger partial charge in [-0.15, -0.1) is 0 Å². The van der Waals surface area contributed by atoms with Crippen molar-refractivity contribution in [1.29, 1.82) is 5.26 Å². The van der Waals surface area contributed by atoms with Gasteiger partial charge in [0.05, 0.1) is 17.6 Å². The second-order valence-corrected chi connectivity index (χ2v) is 6.20. The molecule has 0 aromatic carbocycles. The van der Waals surface area contributed by atoms with Crippen molar-refractivity contribution in [2.24, 2.45) is 5.41 Å². The Morgan fingerprint density at radius 2 is 2.11 bits per heavy atom. The zero-order valence-corrected chi connectivity index (χ0v) is 12.2. The van der Waals surface area contributed by atoms with E-state index in [0.717, 1.165) is 32.5 Å². The zero-order chi connectivity index (χ0) is 13.4. The highest BCUT2D eigenvalue weighted by Crippen LogP contribution is 2.21. The molecule has 3 nitrogen and oxygen atoms in total. The van der Waals surface area contributed by atoms with Crippen LogP contribution in [-0.2, 0) is 4.74 Å². The highest BCUT2D eigenvalue weighted by molar-refractivity contribution is 4.91. The Morgan fingerprint density at radius 1 is 1.33 bits per heavy atom. The first kappa shape index (κ1) is 15.5. The Morgan fingerprint density at radius 3 is 2.72 bits per heavy atom. The van der Waals surface area contributed by atoms with Crippen LogP contribution in [-0.4, -0.2) is 37.7 Å². The maximum atomic E-state index is 8.94. The summed E-state index contributed by atoms with van der Waals surface area (Å²) in [6, 6.07) is 2.36. The van der Waals surface area contributed by atoms with Gasteiger partial charge in [0.1, 0.15) is 0 Å². The molecule has 18 heavy (non-hydrogen) atoms. The van der Waals surface area contributed by atoms with E-state index >= 15 is 0 Å². The molecule has 0 saturated carbocycles. The summed E-state index contributed by atoms with van der Waals surface area (Å²) in [6.07, 6.45) is 7.51. The summed E-state index contributed by atoms with van der Waals surface area (Å²) in [7, 11) is 2.17. The number of unbranched alkanes of at least 4 members (excludes halogenated alkanes) is 1. The second-order valence-electron chi connectivity index (χ2n) is 6.20. The molecular weight excluding hydrogens is 224 g/mol. The van der Waals surface area contributed by atoms with E-state index in [0.29, 0.717) is 6.10 Å². The van der Waals surface area contributed by atoms with Crippen LogP contribution in [0.15, 0.2) is 0 Å². The van der Waals surface area contributed by atoms with Gasteiger partial charge in [0, 0.05) is 13.2 Å². The van der Waals surface area contributed by atoms with Crippen molar-refractivity contribution < 1.29 is 4.74 Å². The van der Waals surface area contributed by atoms with Crippen molar-refractivity contribution in [2.45, 2.75) is 58.5 Å². The Kier molecular flexibility index (Phi) is 6.67. The van der Waals surface area contributed by atoms with E-state index < -0.39 is 0 Å². The fraction of sp³-hybridized carbons (Fsp3) is 0.933. The molecule has 1 fully saturated rings.